The summed E-state index contributed by atoms with van der Waals surface area (Å²) in [5, 5.41) is 0.259. The third kappa shape index (κ3) is 3.08. The van der Waals surface area contributed by atoms with Gasteiger partial charge in [-0.3, -0.25) is 4.79 Å². The van der Waals surface area contributed by atoms with E-state index in [1.807, 2.05) is 0 Å². The Kier molecular flexibility index (Phi) is 5.00. The standard InChI is InChI=1S/C19H17NO6S/c1-3-26-19(22)18-15-11-13(25-2)9-10-16(15)20(17(18)12-21)27(23,24)14-7-5-4-6-8-14/h4-12H,3H2,1-2H3. The fourth-order valence-corrected chi connectivity index (χ4v) is 4.39. The molecule has 7 nitrogen and oxygen atoms in total. The van der Waals surface area contributed by atoms with Crippen LogP contribution in [0, 0.1) is 0 Å². The normalized spacial score (nSPS) is 11.3. The first-order valence-corrected chi connectivity index (χ1v) is 9.55. The molecule has 27 heavy (non-hydrogen) atoms. The van der Waals surface area contributed by atoms with E-state index in [9.17, 15) is 18.0 Å². The van der Waals surface area contributed by atoms with Gasteiger partial charge < -0.3 is 9.47 Å². The molecule has 3 aromatic rings. The zero-order valence-electron chi connectivity index (χ0n) is 14.7. The average molecular weight is 387 g/mol. The van der Waals surface area contributed by atoms with Gasteiger partial charge in [-0.2, -0.15) is 0 Å². The monoisotopic (exact) mass is 387 g/mol. The summed E-state index contributed by atoms with van der Waals surface area (Å²) in [6, 6.07) is 12.2. The summed E-state index contributed by atoms with van der Waals surface area (Å²) in [6.07, 6.45) is 0.346. The number of fused-ring (bicyclic) bond motifs is 1. The highest BCUT2D eigenvalue weighted by Crippen LogP contribution is 2.32. The summed E-state index contributed by atoms with van der Waals surface area (Å²) < 4.78 is 37.5. The number of aldehydes is 1. The van der Waals surface area contributed by atoms with Crippen LogP contribution in [-0.4, -0.2) is 38.4 Å². The summed E-state index contributed by atoms with van der Waals surface area (Å²) >= 11 is 0. The van der Waals surface area contributed by atoms with Gasteiger partial charge in [0.05, 0.1) is 29.7 Å². The van der Waals surface area contributed by atoms with Crippen molar-refractivity contribution < 1.29 is 27.5 Å². The first-order chi connectivity index (χ1) is 13.0. The molecule has 0 aliphatic rings. The lowest BCUT2D eigenvalue weighted by atomic mass is 10.1. The van der Waals surface area contributed by atoms with Crippen molar-refractivity contribution >= 4 is 33.2 Å². The Morgan fingerprint density at radius 1 is 1.15 bits per heavy atom. The molecular weight excluding hydrogens is 370 g/mol. The highest BCUT2D eigenvalue weighted by molar-refractivity contribution is 7.90. The zero-order valence-corrected chi connectivity index (χ0v) is 15.5. The lowest BCUT2D eigenvalue weighted by Crippen LogP contribution is -2.17. The fraction of sp³-hybridized carbons (Fsp3) is 0.158. The van der Waals surface area contributed by atoms with Crippen LogP contribution in [0.5, 0.6) is 5.75 Å². The summed E-state index contributed by atoms with van der Waals surface area (Å²) in [4.78, 5) is 24.3. The lowest BCUT2D eigenvalue weighted by molar-refractivity contribution is 0.0526. The van der Waals surface area contributed by atoms with Crippen molar-refractivity contribution in [3.63, 3.8) is 0 Å². The van der Waals surface area contributed by atoms with E-state index in [-0.39, 0.29) is 33.7 Å². The lowest BCUT2D eigenvalue weighted by Gasteiger charge is -2.09. The predicted octanol–water partition coefficient (Wildman–Crippen LogP) is 2.88. The molecule has 0 atom stereocenters. The number of carbonyl (C=O) groups excluding carboxylic acids is 2. The molecule has 0 aliphatic heterocycles. The van der Waals surface area contributed by atoms with Gasteiger partial charge in [0.1, 0.15) is 11.4 Å². The number of aromatic nitrogens is 1. The van der Waals surface area contributed by atoms with Crippen molar-refractivity contribution in [1.29, 1.82) is 0 Å². The molecule has 3 rings (SSSR count). The highest BCUT2D eigenvalue weighted by Gasteiger charge is 2.30. The Bertz CT molecular complexity index is 1120. The largest absolute Gasteiger partial charge is 0.497 e. The van der Waals surface area contributed by atoms with Gasteiger partial charge in [0, 0.05) is 5.39 Å². The van der Waals surface area contributed by atoms with Crippen molar-refractivity contribution in [3.8, 4) is 5.75 Å². The van der Waals surface area contributed by atoms with Crippen molar-refractivity contribution in [1.82, 2.24) is 3.97 Å². The van der Waals surface area contributed by atoms with Crippen LogP contribution >= 0.6 is 0 Å². The van der Waals surface area contributed by atoms with E-state index in [0.29, 0.717) is 12.0 Å². The molecule has 0 unspecified atom stereocenters. The molecule has 0 amide bonds. The average Bonchev–Trinajstić information content (AvgIpc) is 3.02. The summed E-state index contributed by atoms with van der Waals surface area (Å²) in [5.74, 6) is -0.361. The molecule has 0 saturated heterocycles. The Balaban J connectivity index is 2.43. The van der Waals surface area contributed by atoms with E-state index in [1.54, 1.807) is 31.2 Å². The minimum atomic E-state index is -4.12. The number of ether oxygens (including phenoxy) is 2. The third-order valence-corrected chi connectivity index (χ3v) is 5.78. The van der Waals surface area contributed by atoms with Gasteiger partial charge in [-0.15, -0.1) is 0 Å². The number of nitrogens with zero attached hydrogens (tertiary/aromatic N) is 1. The van der Waals surface area contributed by atoms with Crippen molar-refractivity contribution in [2.24, 2.45) is 0 Å². The second kappa shape index (κ2) is 7.24. The van der Waals surface area contributed by atoms with E-state index in [2.05, 4.69) is 0 Å². The van der Waals surface area contributed by atoms with Crippen LogP contribution in [-0.2, 0) is 14.8 Å². The molecule has 8 heteroatoms. The Hall–Kier alpha value is -3.13. The van der Waals surface area contributed by atoms with Crippen LogP contribution in [0.15, 0.2) is 53.4 Å². The van der Waals surface area contributed by atoms with Gasteiger partial charge >= 0.3 is 5.97 Å². The maximum Gasteiger partial charge on any atom is 0.341 e. The van der Waals surface area contributed by atoms with E-state index in [4.69, 9.17) is 9.47 Å². The first kappa shape index (κ1) is 18.7. The minimum absolute atomic E-state index is 0.00349. The molecule has 0 bridgehead atoms. The van der Waals surface area contributed by atoms with Gasteiger partial charge in [-0.1, -0.05) is 18.2 Å². The van der Waals surface area contributed by atoms with Crippen molar-refractivity contribution in [3.05, 3.63) is 59.8 Å². The maximum absolute atomic E-state index is 13.2. The molecule has 0 spiro atoms. The smallest absolute Gasteiger partial charge is 0.341 e. The van der Waals surface area contributed by atoms with E-state index >= 15 is 0 Å². The number of hydrogen-bond acceptors (Lipinski definition) is 6. The molecule has 0 radical (unpaired) electrons. The molecule has 0 fully saturated rings. The van der Waals surface area contributed by atoms with Gasteiger partial charge in [-0.25, -0.2) is 17.2 Å². The van der Waals surface area contributed by atoms with Crippen LogP contribution in [0.3, 0.4) is 0 Å². The number of hydrogen-bond donors (Lipinski definition) is 0. The van der Waals surface area contributed by atoms with Gasteiger partial charge in [0.25, 0.3) is 10.0 Å². The predicted molar refractivity (Wildman–Crippen MR) is 98.9 cm³/mol. The number of carbonyl (C=O) groups is 2. The minimum Gasteiger partial charge on any atom is -0.497 e. The van der Waals surface area contributed by atoms with Gasteiger partial charge in [0.15, 0.2) is 6.29 Å². The molecular formula is C19H17NO6S. The number of esters is 1. The van der Waals surface area contributed by atoms with E-state index < -0.39 is 16.0 Å². The number of rotatable bonds is 6. The molecule has 2 aromatic carbocycles. The van der Waals surface area contributed by atoms with Crippen molar-refractivity contribution in [2.45, 2.75) is 11.8 Å². The second-order valence-electron chi connectivity index (χ2n) is 5.56. The second-order valence-corrected chi connectivity index (χ2v) is 7.35. The van der Waals surface area contributed by atoms with Crippen LogP contribution < -0.4 is 4.74 Å². The highest BCUT2D eigenvalue weighted by atomic mass is 32.2. The Morgan fingerprint density at radius 2 is 1.85 bits per heavy atom. The number of methoxy groups -OCH3 is 1. The molecule has 0 saturated carbocycles. The van der Waals surface area contributed by atoms with E-state index in [1.165, 1.54) is 31.4 Å². The molecule has 1 heterocycles. The molecule has 1 aromatic heterocycles. The Labute approximate surface area is 156 Å². The quantitative estimate of drug-likeness (QED) is 0.477. The van der Waals surface area contributed by atoms with Crippen molar-refractivity contribution in [2.75, 3.05) is 13.7 Å². The fourth-order valence-electron chi connectivity index (χ4n) is 2.87. The summed E-state index contributed by atoms with van der Waals surface area (Å²) in [7, 11) is -2.67. The maximum atomic E-state index is 13.2. The molecule has 0 N–H and O–H groups in total. The third-order valence-electron chi connectivity index (χ3n) is 4.04. The zero-order chi connectivity index (χ0) is 19.6. The van der Waals surface area contributed by atoms with E-state index in [0.717, 1.165) is 3.97 Å². The van der Waals surface area contributed by atoms with Gasteiger partial charge in [0.2, 0.25) is 0 Å². The van der Waals surface area contributed by atoms with Crippen LogP contribution in [0.4, 0.5) is 0 Å². The van der Waals surface area contributed by atoms with Gasteiger partial charge in [-0.05, 0) is 37.3 Å². The first-order valence-electron chi connectivity index (χ1n) is 8.11. The number of benzene rings is 2. The van der Waals surface area contributed by atoms with Crippen LogP contribution in [0.25, 0.3) is 10.9 Å². The SMILES string of the molecule is CCOC(=O)c1c(C=O)n(S(=O)(=O)c2ccccc2)c2ccc(OC)cc12. The van der Waals surface area contributed by atoms with Crippen LogP contribution in [0.1, 0.15) is 27.8 Å². The summed E-state index contributed by atoms with van der Waals surface area (Å²) in [5.41, 5.74) is -0.217. The topological polar surface area (TPSA) is 91.7 Å². The Morgan fingerprint density at radius 3 is 2.44 bits per heavy atom. The molecule has 140 valence electrons. The summed E-state index contributed by atoms with van der Waals surface area (Å²) in [6.45, 7) is 1.71. The van der Waals surface area contributed by atoms with Crippen LogP contribution in [0.2, 0.25) is 0 Å². The molecule has 0 aliphatic carbocycles.